The Morgan fingerprint density at radius 1 is 0.939 bits per heavy atom. The number of rotatable bonds is 7. The van der Waals surface area contributed by atoms with Crippen LogP contribution < -0.4 is 31.1 Å². The van der Waals surface area contributed by atoms with Crippen molar-refractivity contribution in [1.82, 2.24) is 23.5 Å². The average molecular weight is 668 g/mol. The molecule has 0 amide bonds. The molecule has 3 heterocycles. The van der Waals surface area contributed by atoms with E-state index >= 15 is 0 Å². The van der Waals surface area contributed by atoms with Crippen molar-refractivity contribution in [3.63, 3.8) is 0 Å². The third-order valence-electron chi connectivity index (χ3n) is 9.67. The average Bonchev–Trinajstić information content (AvgIpc) is 3.34. The highest BCUT2D eigenvalue weighted by atomic mass is 16.5. The zero-order valence-electron chi connectivity index (χ0n) is 27.5. The van der Waals surface area contributed by atoms with Crippen molar-refractivity contribution in [2.45, 2.75) is 44.8 Å². The van der Waals surface area contributed by atoms with Crippen molar-refractivity contribution in [1.29, 1.82) is 0 Å². The smallest absolute Gasteiger partial charge is 0.347 e. The number of aromatic nitrogens is 5. The number of hydrogen-bond donors (Lipinski definition) is 1. The highest BCUT2D eigenvalue weighted by Crippen LogP contribution is 2.50. The van der Waals surface area contributed by atoms with Gasteiger partial charge in [-0.2, -0.15) is 0 Å². The van der Waals surface area contributed by atoms with Crippen molar-refractivity contribution in [2.24, 2.45) is 7.05 Å². The van der Waals surface area contributed by atoms with E-state index in [0.717, 1.165) is 4.57 Å². The molecule has 14 nitrogen and oxygen atoms in total. The van der Waals surface area contributed by atoms with Crippen LogP contribution in [0.15, 0.2) is 79.2 Å². The fourth-order valence-electron chi connectivity index (χ4n) is 7.23. The van der Waals surface area contributed by atoms with Gasteiger partial charge in [-0.05, 0) is 36.3 Å². The van der Waals surface area contributed by atoms with E-state index in [2.05, 4.69) is 4.98 Å². The van der Waals surface area contributed by atoms with Gasteiger partial charge >= 0.3 is 11.4 Å². The largest absolute Gasteiger partial charge is 0.504 e. The van der Waals surface area contributed by atoms with Gasteiger partial charge in [0.1, 0.15) is 5.69 Å². The number of nitrogens with zero attached hydrogens (tertiary/aromatic N) is 5. The number of methoxy groups -OCH3 is 3. The summed E-state index contributed by atoms with van der Waals surface area (Å²) in [5, 5.41) is 10.7. The van der Waals surface area contributed by atoms with Gasteiger partial charge in [0.15, 0.2) is 34.6 Å². The molecule has 0 saturated carbocycles. The third-order valence-corrected chi connectivity index (χ3v) is 9.67. The van der Waals surface area contributed by atoms with Crippen LogP contribution in [0.2, 0.25) is 0 Å². The number of ketones is 2. The van der Waals surface area contributed by atoms with Gasteiger partial charge in [0.25, 0.3) is 5.56 Å². The minimum atomic E-state index is -0.763. The Kier molecular flexibility index (Phi) is 7.53. The number of aryl methyl sites for hydroxylation is 2. The molecule has 2 aliphatic carbocycles. The molecule has 49 heavy (non-hydrogen) atoms. The van der Waals surface area contributed by atoms with Crippen LogP contribution in [0.4, 0.5) is 0 Å². The Labute approximate surface area is 278 Å². The number of hydrogen-bond acceptors (Lipinski definition) is 10. The number of ether oxygens (including phenoxy) is 3. The minimum Gasteiger partial charge on any atom is -0.504 e. The second-order valence-electron chi connectivity index (χ2n) is 12.2. The van der Waals surface area contributed by atoms with Crippen molar-refractivity contribution in [3.8, 4) is 23.0 Å². The number of carbonyl (C=O) groups excluding carboxylic acids is 2. The van der Waals surface area contributed by atoms with Crippen molar-refractivity contribution < 1.29 is 28.9 Å². The summed E-state index contributed by atoms with van der Waals surface area (Å²) in [6.45, 7) is 1.49. The molecule has 7 rings (SSSR count). The number of phenolic OH excluding ortho intramolecular Hbond substituents is 1. The molecule has 0 fully saturated rings. The van der Waals surface area contributed by atoms with Gasteiger partial charge in [-0.25, -0.2) is 28.5 Å². The summed E-state index contributed by atoms with van der Waals surface area (Å²) in [5.41, 5.74) is 1.62. The maximum atomic E-state index is 14.1. The molecule has 0 unspecified atom stereocenters. The number of phenols is 1. The first-order chi connectivity index (χ1) is 23.5. The van der Waals surface area contributed by atoms with E-state index in [1.165, 1.54) is 47.4 Å². The second-order valence-corrected chi connectivity index (χ2v) is 12.2. The topological polar surface area (TPSA) is 166 Å². The van der Waals surface area contributed by atoms with Gasteiger partial charge in [-0.15, -0.1) is 0 Å². The number of Topliss-reactive ketones (excluding diaryl/α,β-unsaturated/α-hetero) is 1. The Morgan fingerprint density at radius 2 is 1.65 bits per heavy atom. The highest BCUT2D eigenvalue weighted by Gasteiger charge is 2.45. The lowest BCUT2D eigenvalue weighted by atomic mass is 9.68. The van der Waals surface area contributed by atoms with Crippen LogP contribution in [0.1, 0.15) is 36.6 Å². The number of aromatic hydroxyl groups is 1. The number of carbonyl (C=O) groups is 2. The first-order valence-corrected chi connectivity index (χ1v) is 15.6. The van der Waals surface area contributed by atoms with Crippen molar-refractivity contribution >= 4 is 22.6 Å². The monoisotopic (exact) mass is 667 g/mol. The SMILES string of the molecule is COc1ccc([C@H]2C3=CCn4c(=O)n(CCc5nc6cc(OC)c(OC)cc6n(C)c5=O)c(=O)n4[C@@H]3CC3=C2C(=O)C(C)=CC3=O)cc1O. The summed E-state index contributed by atoms with van der Waals surface area (Å²) >= 11 is 0. The summed E-state index contributed by atoms with van der Waals surface area (Å²) in [4.78, 5) is 72.6. The molecule has 14 heteroatoms. The van der Waals surface area contributed by atoms with Crippen LogP contribution in [0.5, 0.6) is 23.0 Å². The molecule has 252 valence electrons. The zero-order valence-corrected chi connectivity index (χ0v) is 27.5. The van der Waals surface area contributed by atoms with Crippen molar-refractivity contribution in [3.05, 3.63) is 107 Å². The van der Waals surface area contributed by atoms with E-state index in [4.69, 9.17) is 14.2 Å². The molecule has 0 bridgehead atoms. The van der Waals surface area contributed by atoms with Gasteiger partial charge in [0.05, 0.1) is 44.9 Å². The summed E-state index contributed by atoms with van der Waals surface area (Å²) in [7, 11) is 6.01. The van der Waals surface area contributed by atoms with E-state index in [1.807, 2.05) is 0 Å². The summed E-state index contributed by atoms with van der Waals surface area (Å²) < 4.78 is 21.1. The fourth-order valence-corrected chi connectivity index (χ4v) is 7.23. The summed E-state index contributed by atoms with van der Waals surface area (Å²) in [5.74, 6) is -0.423. The van der Waals surface area contributed by atoms with E-state index in [9.17, 15) is 29.1 Å². The first kappa shape index (κ1) is 31.7. The molecule has 2 atom stereocenters. The first-order valence-electron chi connectivity index (χ1n) is 15.6. The van der Waals surface area contributed by atoms with E-state index < -0.39 is 23.3 Å². The van der Waals surface area contributed by atoms with Gasteiger partial charge in [-0.3, -0.25) is 14.4 Å². The maximum Gasteiger partial charge on any atom is 0.347 e. The third kappa shape index (κ3) is 4.77. The molecule has 0 radical (unpaired) electrons. The maximum absolute atomic E-state index is 14.1. The van der Waals surface area contributed by atoms with E-state index in [1.54, 1.807) is 44.3 Å². The van der Waals surface area contributed by atoms with Crippen LogP contribution in [0.25, 0.3) is 11.0 Å². The zero-order chi connectivity index (χ0) is 34.9. The van der Waals surface area contributed by atoms with Gasteiger partial charge in [0, 0.05) is 61.2 Å². The Morgan fingerprint density at radius 3 is 2.35 bits per heavy atom. The Balaban J connectivity index is 1.29. The standard InChI is InChI=1S/C35H33N5O9/c1-17-12-25(41)20-14-23-19(30(31(20)32(17)43)18-6-7-27(47-3)26(42)13-18)8-11-39-34(45)38(35(46)40(23)39)10-9-21-33(44)37(2)24-16-29(49-5)28(48-4)15-22(24)36-21/h6-8,12-13,15-16,23,30,42H,9-11,14H2,1-5H3/t23-,30+/m1/s1. The molecular weight excluding hydrogens is 634 g/mol. The fraction of sp³-hybridized carbons (Fsp3) is 0.314. The molecule has 4 aromatic rings. The molecule has 3 aliphatic rings. The second kappa shape index (κ2) is 11.6. The lowest BCUT2D eigenvalue weighted by Crippen LogP contribution is -2.40. The number of fused-ring (bicyclic) bond motifs is 4. The quantitative estimate of drug-likeness (QED) is 0.228. The minimum absolute atomic E-state index is 0.0127. The Hall–Kier alpha value is -5.92. The van der Waals surface area contributed by atoms with Crippen LogP contribution >= 0.6 is 0 Å². The van der Waals surface area contributed by atoms with Crippen LogP contribution in [0.3, 0.4) is 0 Å². The predicted octanol–water partition coefficient (Wildman–Crippen LogP) is 2.10. The van der Waals surface area contributed by atoms with Gasteiger partial charge in [-0.1, -0.05) is 12.1 Å². The lowest BCUT2D eigenvalue weighted by Gasteiger charge is -2.39. The Bertz CT molecular complexity index is 2400. The summed E-state index contributed by atoms with van der Waals surface area (Å²) in [6.07, 6.45) is 3.11. The van der Waals surface area contributed by atoms with E-state index in [0.29, 0.717) is 44.8 Å². The van der Waals surface area contributed by atoms with Gasteiger partial charge < -0.3 is 23.9 Å². The molecule has 0 spiro atoms. The van der Waals surface area contributed by atoms with Crippen LogP contribution in [-0.4, -0.2) is 61.5 Å². The summed E-state index contributed by atoms with van der Waals surface area (Å²) in [6, 6.07) is 7.32. The molecule has 1 N–H and O–H groups in total. The molecule has 2 aromatic heterocycles. The molecule has 2 aromatic carbocycles. The lowest BCUT2D eigenvalue weighted by molar-refractivity contribution is -0.116. The van der Waals surface area contributed by atoms with E-state index in [-0.39, 0.29) is 65.8 Å². The predicted molar refractivity (Wildman–Crippen MR) is 177 cm³/mol. The molecular formula is C35H33N5O9. The number of allylic oxidation sites excluding steroid dienone is 6. The van der Waals surface area contributed by atoms with Crippen LogP contribution in [-0.2, 0) is 36.1 Å². The number of benzene rings is 2. The van der Waals surface area contributed by atoms with Crippen molar-refractivity contribution in [2.75, 3.05) is 21.3 Å². The van der Waals surface area contributed by atoms with Gasteiger partial charge in [0.2, 0.25) is 0 Å². The highest BCUT2D eigenvalue weighted by molar-refractivity contribution is 6.23. The van der Waals surface area contributed by atoms with Crippen LogP contribution in [0, 0.1) is 0 Å². The molecule has 1 aliphatic heterocycles. The normalized spacial score (nSPS) is 18.5. The molecule has 0 saturated heterocycles.